The average molecular weight is 377 g/mol. The summed E-state index contributed by atoms with van der Waals surface area (Å²) in [4.78, 5) is 28.2. The van der Waals surface area contributed by atoms with Crippen LogP contribution in [0.2, 0.25) is 0 Å². The van der Waals surface area contributed by atoms with E-state index in [0.717, 1.165) is 11.3 Å². The molecule has 0 saturated carbocycles. The van der Waals surface area contributed by atoms with Gasteiger partial charge in [0.1, 0.15) is 0 Å². The highest BCUT2D eigenvalue weighted by Gasteiger charge is 2.07. The quantitative estimate of drug-likeness (QED) is 0.652. The molecule has 27 heavy (non-hydrogen) atoms. The number of nitrogens with one attached hydrogen (secondary N) is 2. The van der Waals surface area contributed by atoms with Gasteiger partial charge in [0.05, 0.1) is 5.69 Å². The van der Waals surface area contributed by atoms with Crippen molar-refractivity contribution in [1.29, 1.82) is 0 Å². The molecule has 2 aromatic heterocycles. The van der Waals surface area contributed by atoms with Crippen molar-refractivity contribution in [2.24, 2.45) is 0 Å². The van der Waals surface area contributed by atoms with Crippen molar-refractivity contribution in [3.63, 3.8) is 0 Å². The van der Waals surface area contributed by atoms with E-state index in [2.05, 4.69) is 15.6 Å². The molecule has 0 aliphatic heterocycles. The molecule has 6 heteroatoms. The largest absolute Gasteiger partial charge is 0.351 e. The number of carbonyl (C=O) groups is 2. The van der Waals surface area contributed by atoms with Crippen molar-refractivity contribution in [2.75, 3.05) is 11.9 Å². The smallest absolute Gasteiger partial charge is 0.252 e. The highest BCUT2D eigenvalue weighted by atomic mass is 32.1. The topological polar surface area (TPSA) is 71.1 Å². The van der Waals surface area contributed by atoms with Crippen LogP contribution in [-0.4, -0.2) is 23.3 Å². The van der Waals surface area contributed by atoms with Crippen LogP contribution in [0.25, 0.3) is 12.2 Å². The molecule has 3 rings (SSSR count). The maximum absolute atomic E-state index is 12.1. The van der Waals surface area contributed by atoms with E-state index >= 15 is 0 Å². The van der Waals surface area contributed by atoms with Crippen molar-refractivity contribution in [3.05, 3.63) is 82.3 Å². The van der Waals surface area contributed by atoms with E-state index in [1.54, 1.807) is 17.6 Å². The normalized spacial score (nSPS) is 10.7. The van der Waals surface area contributed by atoms with Gasteiger partial charge in [-0.2, -0.15) is 11.3 Å². The van der Waals surface area contributed by atoms with E-state index in [1.165, 1.54) is 11.3 Å². The summed E-state index contributed by atoms with van der Waals surface area (Å²) in [7, 11) is 0. The number of thiophene rings is 1. The molecule has 3 aromatic rings. The fraction of sp³-hybridized carbons (Fsp3) is 0.0952. The lowest BCUT2D eigenvalue weighted by atomic mass is 10.1. The Kier molecular flexibility index (Phi) is 6.49. The Hall–Kier alpha value is -3.25. The number of aromatic nitrogens is 1. The third-order valence-electron chi connectivity index (χ3n) is 3.73. The highest BCUT2D eigenvalue weighted by molar-refractivity contribution is 7.08. The SMILES string of the molecule is O=C(CCNC(=O)c1ccsc1)Nc1cccc(/C=C/c2ccccn2)c1. The standard InChI is InChI=1S/C21H19N3O2S/c25-20(9-12-23-21(26)17-10-13-27-15-17)24-19-6-3-4-16(14-19)7-8-18-5-1-2-11-22-18/h1-8,10-11,13-15H,9,12H2,(H,23,26)(H,24,25)/b8-7+. The third-order valence-corrected chi connectivity index (χ3v) is 4.41. The van der Waals surface area contributed by atoms with E-state index in [0.29, 0.717) is 17.8 Å². The van der Waals surface area contributed by atoms with Gasteiger partial charge >= 0.3 is 0 Å². The molecule has 0 bridgehead atoms. The Balaban J connectivity index is 1.49. The summed E-state index contributed by atoms with van der Waals surface area (Å²) in [6.45, 7) is 0.291. The van der Waals surface area contributed by atoms with Gasteiger partial charge in [-0.05, 0) is 47.4 Å². The molecular formula is C21H19N3O2S. The molecule has 0 atom stereocenters. The molecule has 0 fully saturated rings. The number of hydrogen-bond donors (Lipinski definition) is 2. The first-order valence-electron chi connectivity index (χ1n) is 8.50. The van der Waals surface area contributed by atoms with Gasteiger partial charge in [0.15, 0.2) is 0 Å². The molecule has 5 nitrogen and oxygen atoms in total. The van der Waals surface area contributed by atoms with Gasteiger partial charge in [0, 0.05) is 35.8 Å². The van der Waals surface area contributed by atoms with E-state index in [9.17, 15) is 9.59 Å². The Morgan fingerprint density at radius 2 is 2.00 bits per heavy atom. The second-order valence-corrected chi connectivity index (χ2v) is 6.56. The van der Waals surface area contributed by atoms with E-state index < -0.39 is 0 Å². The zero-order valence-electron chi connectivity index (χ0n) is 14.6. The zero-order chi connectivity index (χ0) is 18.9. The Morgan fingerprint density at radius 3 is 2.78 bits per heavy atom. The molecule has 0 aliphatic rings. The second-order valence-electron chi connectivity index (χ2n) is 5.78. The summed E-state index contributed by atoms with van der Waals surface area (Å²) in [5.41, 5.74) is 3.16. The molecular weight excluding hydrogens is 358 g/mol. The molecule has 2 amide bonds. The average Bonchev–Trinajstić information content (AvgIpc) is 3.22. The Bertz CT molecular complexity index is 922. The predicted molar refractivity (Wildman–Crippen MR) is 110 cm³/mol. The molecule has 0 radical (unpaired) electrons. The van der Waals surface area contributed by atoms with E-state index in [-0.39, 0.29) is 18.2 Å². The van der Waals surface area contributed by atoms with Crippen LogP contribution < -0.4 is 10.6 Å². The van der Waals surface area contributed by atoms with Gasteiger partial charge in [-0.25, -0.2) is 0 Å². The van der Waals surface area contributed by atoms with Crippen LogP contribution in [0, 0.1) is 0 Å². The minimum Gasteiger partial charge on any atom is -0.351 e. The maximum atomic E-state index is 12.1. The minimum atomic E-state index is -0.161. The number of benzene rings is 1. The van der Waals surface area contributed by atoms with Crippen LogP contribution in [0.3, 0.4) is 0 Å². The van der Waals surface area contributed by atoms with Crippen molar-refractivity contribution in [3.8, 4) is 0 Å². The lowest BCUT2D eigenvalue weighted by Gasteiger charge is -2.07. The summed E-state index contributed by atoms with van der Waals surface area (Å²) < 4.78 is 0. The number of anilines is 1. The van der Waals surface area contributed by atoms with Gasteiger partial charge in [0.2, 0.25) is 5.91 Å². The molecule has 136 valence electrons. The van der Waals surface area contributed by atoms with Gasteiger partial charge in [-0.15, -0.1) is 0 Å². The van der Waals surface area contributed by atoms with Crippen molar-refractivity contribution in [2.45, 2.75) is 6.42 Å². The van der Waals surface area contributed by atoms with Crippen LogP contribution in [-0.2, 0) is 4.79 Å². The van der Waals surface area contributed by atoms with Crippen LogP contribution >= 0.6 is 11.3 Å². The summed E-state index contributed by atoms with van der Waals surface area (Å²) in [5, 5.41) is 9.21. The van der Waals surface area contributed by atoms with Crippen molar-refractivity contribution < 1.29 is 9.59 Å². The number of rotatable bonds is 7. The molecule has 0 spiro atoms. The van der Waals surface area contributed by atoms with E-state index in [4.69, 9.17) is 0 Å². The monoisotopic (exact) mass is 377 g/mol. The van der Waals surface area contributed by atoms with Gasteiger partial charge in [-0.1, -0.05) is 24.3 Å². The third kappa shape index (κ3) is 5.90. The summed E-state index contributed by atoms with van der Waals surface area (Å²) in [6.07, 6.45) is 5.82. The molecule has 0 saturated heterocycles. The fourth-order valence-electron chi connectivity index (χ4n) is 2.39. The first-order valence-corrected chi connectivity index (χ1v) is 9.44. The number of carbonyl (C=O) groups excluding carboxylic acids is 2. The van der Waals surface area contributed by atoms with Gasteiger partial charge in [0.25, 0.3) is 5.91 Å². The Labute approximate surface area is 161 Å². The molecule has 2 N–H and O–H groups in total. The van der Waals surface area contributed by atoms with E-state index in [1.807, 2.05) is 60.0 Å². The molecule has 1 aromatic carbocycles. The van der Waals surface area contributed by atoms with Crippen LogP contribution in [0.1, 0.15) is 28.0 Å². The van der Waals surface area contributed by atoms with Crippen LogP contribution in [0.4, 0.5) is 5.69 Å². The molecule has 0 unspecified atom stereocenters. The zero-order valence-corrected chi connectivity index (χ0v) is 15.4. The first-order chi connectivity index (χ1) is 13.2. The van der Waals surface area contributed by atoms with Crippen LogP contribution in [0.15, 0.2) is 65.5 Å². The summed E-state index contributed by atoms with van der Waals surface area (Å²) in [5.74, 6) is -0.308. The first kappa shape index (κ1) is 18.5. The Morgan fingerprint density at radius 1 is 1.07 bits per heavy atom. The van der Waals surface area contributed by atoms with Gasteiger partial charge < -0.3 is 10.6 Å². The number of nitrogens with zero attached hydrogens (tertiary/aromatic N) is 1. The number of hydrogen-bond acceptors (Lipinski definition) is 4. The fourth-order valence-corrected chi connectivity index (χ4v) is 3.02. The summed E-state index contributed by atoms with van der Waals surface area (Å²) in [6, 6.07) is 15.0. The van der Waals surface area contributed by atoms with Gasteiger partial charge in [-0.3, -0.25) is 14.6 Å². The maximum Gasteiger partial charge on any atom is 0.252 e. The summed E-state index contributed by atoms with van der Waals surface area (Å²) >= 11 is 1.46. The second kappa shape index (κ2) is 9.45. The number of amides is 2. The van der Waals surface area contributed by atoms with Crippen LogP contribution in [0.5, 0.6) is 0 Å². The molecule has 2 heterocycles. The highest BCUT2D eigenvalue weighted by Crippen LogP contribution is 2.13. The number of pyridine rings is 1. The van der Waals surface area contributed by atoms with Crippen molar-refractivity contribution in [1.82, 2.24) is 10.3 Å². The minimum absolute atomic E-state index is 0.147. The molecule has 0 aliphatic carbocycles. The lowest BCUT2D eigenvalue weighted by Crippen LogP contribution is -2.27. The van der Waals surface area contributed by atoms with Crippen molar-refractivity contribution >= 4 is 41.0 Å². The predicted octanol–water partition coefficient (Wildman–Crippen LogP) is 4.07. The lowest BCUT2D eigenvalue weighted by molar-refractivity contribution is -0.116.